The zero-order chi connectivity index (χ0) is 11.9. The molecular formula is C14H17N3S. The number of anilines is 1. The Morgan fingerprint density at radius 2 is 1.94 bits per heavy atom. The maximum absolute atomic E-state index is 4.50. The lowest BCUT2D eigenvalue weighted by atomic mass is 10.00. The molecule has 4 heteroatoms. The molecule has 2 atom stereocenters. The number of fused-ring (bicyclic) bond motifs is 3. The Morgan fingerprint density at radius 1 is 1.17 bits per heavy atom. The van der Waals surface area contributed by atoms with E-state index in [2.05, 4.69) is 39.3 Å². The number of rotatable bonds is 2. The Kier molecular flexibility index (Phi) is 2.52. The fourth-order valence-electron chi connectivity index (χ4n) is 3.35. The molecule has 2 fully saturated rings. The zero-order valence-corrected chi connectivity index (χ0v) is 11.0. The fourth-order valence-corrected chi connectivity index (χ4v) is 4.19. The van der Waals surface area contributed by atoms with Crippen molar-refractivity contribution >= 4 is 27.4 Å². The van der Waals surface area contributed by atoms with Crippen LogP contribution < -0.4 is 10.6 Å². The molecule has 0 aliphatic carbocycles. The summed E-state index contributed by atoms with van der Waals surface area (Å²) in [6, 6.07) is 10.5. The molecule has 3 heterocycles. The van der Waals surface area contributed by atoms with Crippen LogP contribution in [0.4, 0.5) is 5.00 Å². The van der Waals surface area contributed by atoms with Crippen molar-refractivity contribution in [2.24, 2.45) is 0 Å². The van der Waals surface area contributed by atoms with Crippen LogP contribution in [0.25, 0.3) is 10.9 Å². The highest BCUT2D eigenvalue weighted by molar-refractivity contribution is 7.11. The molecule has 3 nitrogen and oxygen atoms in total. The van der Waals surface area contributed by atoms with E-state index in [4.69, 9.17) is 0 Å². The summed E-state index contributed by atoms with van der Waals surface area (Å²) in [6.45, 7) is 0. The number of hydrogen-bond donors (Lipinski definition) is 2. The SMILES string of the molecule is c1ccc2c(NC3CC4CCC(C3)N4)snc2c1. The van der Waals surface area contributed by atoms with Crippen LogP contribution in [-0.4, -0.2) is 22.5 Å². The summed E-state index contributed by atoms with van der Waals surface area (Å²) in [5, 5.41) is 9.92. The largest absolute Gasteiger partial charge is 0.372 e. The van der Waals surface area contributed by atoms with Gasteiger partial charge in [-0.05, 0) is 49.3 Å². The maximum atomic E-state index is 4.50. The van der Waals surface area contributed by atoms with Gasteiger partial charge < -0.3 is 10.6 Å². The quantitative estimate of drug-likeness (QED) is 0.870. The third kappa shape index (κ3) is 1.80. The van der Waals surface area contributed by atoms with E-state index in [-0.39, 0.29) is 0 Å². The van der Waals surface area contributed by atoms with E-state index in [9.17, 15) is 0 Å². The number of nitrogens with one attached hydrogen (secondary N) is 2. The van der Waals surface area contributed by atoms with E-state index in [1.54, 1.807) is 11.5 Å². The van der Waals surface area contributed by atoms with Gasteiger partial charge in [-0.25, -0.2) is 0 Å². The minimum absolute atomic E-state index is 0.618. The summed E-state index contributed by atoms with van der Waals surface area (Å²) in [6.07, 6.45) is 5.21. The topological polar surface area (TPSA) is 37.0 Å². The predicted molar refractivity (Wildman–Crippen MR) is 76.2 cm³/mol. The normalized spacial score (nSPS) is 30.8. The highest BCUT2D eigenvalue weighted by Crippen LogP contribution is 2.32. The Bertz CT molecular complexity index is 553. The van der Waals surface area contributed by atoms with Crippen molar-refractivity contribution in [1.29, 1.82) is 0 Å². The first-order valence-corrected chi connectivity index (χ1v) is 7.53. The summed E-state index contributed by atoms with van der Waals surface area (Å²) < 4.78 is 4.50. The van der Waals surface area contributed by atoms with Gasteiger partial charge in [0.25, 0.3) is 0 Å². The third-order valence-corrected chi connectivity index (χ3v) is 5.00. The third-order valence-electron chi connectivity index (χ3n) is 4.19. The molecule has 2 aliphatic heterocycles. The Morgan fingerprint density at radius 3 is 2.78 bits per heavy atom. The summed E-state index contributed by atoms with van der Waals surface area (Å²) in [4.78, 5) is 0. The molecule has 2 aliphatic rings. The van der Waals surface area contributed by atoms with Gasteiger partial charge in [-0.1, -0.05) is 12.1 Å². The van der Waals surface area contributed by atoms with Crippen LogP contribution in [0.15, 0.2) is 24.3 Å². The number of aromatic nitrogens is 1. The van der Waals surface area contributed by atoms with Crippen LogP contribution in [-0.2, 0) is 0 Å². The number of nitrogens with zero attached hydrogens (tertiary/aromatic N) is 1. The van der Waals surface area contributed by atoms with Crippen LogP contribution in [0.3, 0.4) is 0 Å². The highest BCUT2D eigenvalue weighted by Gasteiger charge is 2.33. The first-order valence-electron chi connectivity index (χ1n) is 6.75. The lowest BCUT2D eigenvalue weighted by Crippen LogP contribution is -2.43. The second-order valence-electron chi connectivity index (χ2n) is 5.48. The Hall–Kier alpha value is -1.13. The highest BCUT2D eigenvalue weighted by atomic mass is 32.1. The van der Waals surface area contributed by atoms with E-state index < -0.39 is 0 Å². The molecular weight excluding hydrogens is 242 g/mol. The minimum atomic E-state index is 0.618. The molecule has 0 radical (unpaired) electrons. The second kappa shape index (κ2) is 4.21. The van der Waals surface area contributed by atoms with E-state index in [1.165, 1.54) is 36.1 Å². The average Bonchev–Trinajstić information content (AvgIpc) is 2.94. The van der Waals surface area contributed by atoms with Gasteiger partial charge in [0, 0.05) is 23.5 Å². The van der Waals surface area contributed by atoms with Gasteiger partial charge in [-0.15, -0.1) is 0 Å². The van der Waals surface area contributed by atoms with Crippen LogP contribution in [0, 0.1) is 0 Å². The monoisotopic (exact) mass is 259 g/mol. The molecule has 2 saturated heterocycles. The van der Waals surface area contributed by atoms with Crippen LogP contribution >= 0.6 is 11.5 Å². The molecule has 0 amide bonds. The summed E-state index contributed by atoms with van der Waals surface area (Å²) in [5.74, 6) is 0. The van der Waals surface area contributed by atoms with Gasteiger partial charge >= 0.3 is 0 Å². The molecule has 4 rings (SSSR count). The average molecular weight is 259 g/mol. The van der Waals surface area contributed by atoms with Crippen molar-refractivity contribution in [2.45, 2.75) is 43.8 Å². The maximum Gasteiger partial charge on any atom is 0.117 e. The van der Waals surface area contributed by atoms with Crippen molar-refractivity contribution in [3.05, 3.63) is 24.3 Å². The zero-order valence-electron chi connectivity index (χ0n) is 10.2. The van der Waals surface area contributed by atoms with Gasteiger partial charge in [0.15, 0.2) is 0 Å². The van der Waals surface area contributed by atoms with Gasteiger partial charge in [-0.2, -0.15) is 4.37 Å². The minimum Gasteiger partial charge on any atom is -0.372 e. The predicted octanol–water partition coefficient (Wildman–Crippen LogP) is 2.99. The van der Waals surface area contributed by atoms with Crippen LogP contribution in [0.5, 0.6) is 0 Å². The summed E-state index contributed by atoms with van der Waals surface area (Å²) in [5.41, 5.74) is 1.11. The molecule has 2 unspecified atom stereocenters. The smallest absolute Gasteiger partial charge is 0.117 e. The van der Waals surface area contributed by atoms with Gasteiger partial charge in [0.2, 0.25) is 0 Å². The van der Waals surface area contributed by atoms with E-state index in [1.807, 2.05) is 0 Å². The first-order chi connectivity index (χ1) is 8.88. The molecule has 94 valence electrons. The molecule has 0 spiro atoms. The van der Waals surface area contributed by atoms with Crippen molar-refractivity contribution in [3.8, 4) is 0 Å². The molecule has 18 heavy (non-hydrogen) atoms. The van der Waals surface area contributed by atoms with Gasteiger partial charge in [0.1, 0.15) is 5.00 Å². The second-order valence-corrected chi connectivity index (χ2v) is 6.25. The number of hydrogen-bond acceptors (Lipinski definition) is 4. The number of benzene rings is 1. The summed E-state index contributed by atoms with van der Waals surface area (Å²) in [7, 11) is 0. The standard InChI is InChI=1S/C14H17N3S/c1-2-4-13-12(3-1)14(18-17-13)16-11-7-9-5-6-10(8-11)15-9/h1-4,9-11,15-16H,5-8H2. The molecule has 0 saturated carbocycles. The summed E-state index contributed by atoms with van der Waals surface area (Å²) >= 11 is 1.60. The molecule has 2 aromatic rings. The van der Waals surface area contributed by atoms with Crippen LogP contribution in [0.1, 0.15) is 25.7 Å². The van der Waals surface area contributed by atoms with Gasteiger partial charge in [-0.3, -0.25) is 0 Å². The Balaban J connectivity index is 1.57. The van der Waals surface area contributed by atoms with E-state index in [0.29, 0.717) is 6.04 Å². The molecule has 2 N–H and O–H groups in total. The number of piperidine rings is 1. The van der Waals surface area contributed by atoms with Crippen molar-refractivity contribution in [2.75, 3.05) is 5.32 Å². The Labute approximate surface area is 111 Å². The lowest BCUT2D eigenvalue weighted by molar-refractivity contribution is 0.378. The molecule has 2 bridgehead atoms. The fraction of sp³-hybridized carbons (Fsp3) is 0.500. The van der Waals surface area contributed by atoms with E-state index >= 15 is 0 Å². The van der Waals surface area contributed by atoms with Gasteiger partial charge in [0.05, 0.1) is 5.52 Å². The van der Waals surface area contributed by atoms with Crippen molar-refractivity contribution < 1.29 is 0 Å². The van der Waals surface area contributed by atoms with Crippen LogP contribution in [0.2, 0.25) is 0 Å². The van der Waals surface area contributed by atoms with E-state index in [0.717, 1.165) is 17.6 Å². The molecule has 1 aromatic heterocycles. The lowest BCUT2D eigenvalue weighted by Gasteiger charge is -2.29. The first kappa shape index (κ1) is 10.8. The van der Waals surface area contributed by atoms with Crippen molar-refractivity contribution in [1.82, 2.24) is 9.69 Å². The molecule has 1 aromatic carbocycles. The van der Waals surface area contributed by atoms with Crippen molar-refractivity contribution in [3.63, 3.8) is 0 Å².